The van der Waals surface area contributed by atoms with Gasteiger partial charge in [-0.3, -0.25) is 0 Å². The number of nitrogens with two attached hydrogens (primary N) is 1. The molecule has 15 heavy (non-hydrogen) atoms. The van der Waals surface area contributed by atoms with Gasteiger partial charge in [0.15, 0.2) is 0 Å². The fourth-order valence-electron chi connectivity index (χ4n) is 1.81. The molecule has 2 N–H and O–H groups in total. The number of rotatable bonds is 4. The van der Waals surface area contributed by atoms with Crippen molar-refractivity contribution in [2.45, 2.75) is 31.6 Å². The van der Waals surface area contributed by atoms with Crippen molar-refractivity contribution in [1.29, 1.82) is 0 Å². The van der Waals surface area contributed by atoms with E-state index < -0.39 is 8.07 Å². The molecule has 0 saturated carbocycles. The summed E-state index contributed by atoms with van der Waals surface area (Å²) < 4.78 is 12.8. The third-order valence-corrected chi connectivity index (χ3v) is 4.20. The molecule has 0 heterocycles. The largest absolute Gasteiger partial charge is 0.330 e. The van der Waals surface area contributed by atoms with Crippen LogP contribution in [0.25, 0.3) is 0 Å². The molecule has 0 aliphatic heterocycles. The van der Waals surface area contributed by atoms with Crippen molar-refractivity contribution in [2.24, 2.45) is 5.73 Å². The summed E-state index contributed by atoms with van der Waals surface area (Å²) >= 11 is 0. The molecular formula is C12H20FNSi. The van der Waals surface area contributed by atoms with E-state index in [-0.39, 0.29) is 5.82 Å². The molecule has 1 nitrogen and oxygen atoms in total. The van der Waals surface area contributed by atoms with Gasteiger partial charge >= 0.3 is 0 Å². The first kappa shape index (κ1) is 12.4. The maximum absolute atomic E-state index is 12.8. The highest BCUT2D eigenvalue weighted by Gasteiger charge is 2.20. The molecule has 0 aliphatic carbocycles. The van der Waals surface area contributed by atoms with E-state index in [0.29, 0.717) is 12.5 Å². The molecule has 0 aromatic heterocycles. The second-order valence-corrected chi connectivity index (χ2v) is 10.8. The zero-order chi connectivity index (χ0) is 11.5. The molecule has 0 spiro atoms. The standard InChI is InChI=1S/C12H20FNSi/c1-15(2,3)9-11(8-14)10-4-6-12(13)7-5-10/h4-7,11H,8-9,14H2,1-3H3. The first-order valence-electron chi connectivity index (χ1n) is 5.38. The van der Waals surface area contributed by atoms with Crippen LogP contribution in [0, 0.1) is 5.82 Å². The Balaban J connectivity index is 2.79. The van der Waals surface area contributed by atoms with Gasteiger partial charge in [-0.15, -0.1) is 0 Å². The third-order valence-electron chi connectivity index (χ3n) is 2.48. The second-order valence-electron chi connectivity index (χ2n) is 5.25. The van der Waals surface area contributed by atoms with E-state index in [4.69, 9.17) is 5.73 Å². The Morgan fingerprint density at radius 2 is 1.73 bits per heavy atom. The molecule has 1 atom stereocenters. The zero-order valence-electron chi connectivity index (χ0n) is 9.76. The number of hydrogen-bond acceptors (Lipinski definition) is 1. The van der Waals surface area contributed by atoms with Crippen molar-refractivity contribution in [2.75, 3.05) is 6.54 Å². The van der Waals surface area contributed by atoms with Gasteiger partial charge < -0.3 is 5.73 Å². The lowest BCUT2D eigenvalue weighted by Crippen LogP contribution is -2.26. The average Bonchev–Trinajstić information content (AvgIpc) is 2.14. The Labute approximate surface area is 92.5 Å². The van der Waals surface area contributed by atoms with Crippen LogP contribution in [0.2, 0.25) is 25.7 Å². The lowest BCUT2D eigenvalue weighted by Gasteiger charge is -2.23. The van der Waals surface area contributed by atoms with Crippen molar-refractivity contribution in [3.63, 3.8) is 0 Å². The molecule has 0 amide bonds. The van der Waals surface area contributed by atoms with Crippen LogP contribution in [0.4, 0.5) is 4.39 Å². The van der Waals surface area contributed by atoms with Crippen LogP contribution in [0.5, 0.6) is 0 Å². The summed E-state index contributed by atoms with van der Waals surface area (Å²) in [5, 5.41) is 0. The van der Waals surface area contributed by atoms with Gasteiger partial charge in [0, 0.05) is 8.07 Å². The topological polar surface area (TPSA) is 26.0 Å². The van der Waals surface area contributed by atoms with E-state index in [1.807, 2.05) is 12.1 Å². The van der Waals surface area contributed by atoms with Crippen LogP contribution >= 0.6 is 0 Å². The van der Waals surface area contributed by atoms with Gasteiger partial charge in [0.1, 0.15) is 5.82 Å². The normalized spacial score (nSPS) is 13.9. The number of halogens is 1. The van der Waals surface area contributed by atoms with Gasteiger partial charge in [0.05, 0.1) is 0 Å². The van der Waals surface area contributed by atoms with E-state index in [0.717, 1.165) is 6.04 Å². The quantitative estimate of drug-likeness (QED) is 0.782. The van der Waals surface area contributed by atoms with Crippen LogP contribution < -0.4 is 5.73 Å². The van der Waals surface area contributed by atoms with Crippen LogP contribution in [-0.4, -0.2) is 14.6 Å². The van der Waals surface area contributed by atoms with E-state index in [1.165, 1.54) is 17.7 Å². The maximum Gasteiger partial charge on any atom is 0.123 e. The van der Waals surface area contributed by atoms with Gasteiger partial charge in [0.25, 0.3) is 0 Å². The first-order valence-corrected chi connectivity index (χ1v) is 9.08. The Bertz CT molecular complexity index is 302. The number of hydrogen-bond donors (Lipinski definition) is 1. The van der Waals surface area contributed by atoms with Crippen molar-refractivity contribution < 1.29 is 4.39 Å². The molecule has 0 saturated heterocycles. The van der Waals surface area contributed by atoms with E-state index in [9.17, 15) is 4.39 Å². The van der Waals surface area contributed by atoms with Crippen LogP contribution in [0.3, 0.4) is 0 Å². The summed E-state index contributed by atoms with van der Waals surface area (Å²) in [5.74, 6) is 0.208. The van der Waals surface area contributed by atoms with Crippen molar-refractivity contribution >= 4 is 8.07 Å². The minimum absolute atomic E-state index is 0.178. The maximum atomic E-state index is 12.8. The lowest BCUT2D eigenvalue weighted by atomic mass is 10.0. The van der Waals surface area contributed by atoms with Crippen molar-refractivity contribution in [3.05, 3.63) is 35.6 Å². The first-order chi connectivity index (χ1) is 6.92. The highest BCUT2D eigenvalue weighted by molar-refractivity contribution is 6.76. The summed E-state index contributed by atoms with van der Waals surface area (Å²) in [6.07, 6.45) is 0. The fourth-order valence-corrected chi connectivity index (χ4v) is 3.69. The highest BCUT2D eigenvalue weighted by atomic mass is 28.3. The minimum Gasteiger partial charge on any atom is -0.330 e. The fraction of sp³-hybridized carbons (Fsp3) is 0.500. The van der Waals surface area contributed by atoms with E-state index in [1.54, 1.807) is 0 Å². The predicted octanol–water partition coefficient (Wildman–Crippen LogP) is 3.21. The molecule has 0 fully saturated rings. The van der Waals surface area contributed by atoms with Gasteiger partial charge in [-0.25, -0.2) is 4.39 Å². The molecule has 0 aliphatic rings. The van der Waals surface area contributed by atoms with E-state index >= 15 is 0 Å². The second kappa shape index (κ2) is 4.90. The Morgan fingerprint density at radius 3 is 2.13 bits per heavy atom. The number of benzene rings is 1. The summed E-state index contributed by atoms with van der Waals surface area (Å²) in [7, 11) is -1.11. The molecule has 1 rings (SSSR count). The Kier molecular flexibility index (Phi) is 4.05. The lowest BCUT2D eigenvalue weighted by molar-refractivity contribution is 0.625. The highest BCUT2D eigenvalue weighted by Crippen LogP contribution is 2.25. The smallest absolute Gasteiger partial charge is 0.123 e. The molecule has 3 heteroatoms. The summed E-state index contributed by atoms with van der Waals surface area (Å²) in [5.41, 5.74) is 6.95. The summed E-state index contributed by atoms with van der Waals surface area (Å²) in [6, 6.07) is 7.90. The Morgan fingerprint density at radius 1 is 1.20 bits per heavy atom. The minimum atomic E-state index is -1.11. The zero-order valence-corrected chi connectivity index (χ0v) is 10.8. The molecule has 0 bridgehead atoms. The van der Waals surface area contributed by atoms with Crippen LogP contribution in [-0.2, 0) is 0 Å². The average molecular weight is 225 g/mol. The van der Waals surface area contributed by atoms with Gasteiger partial charge in [0.2, 0.25) is 0 Å². The van der Waals surface area contributed by atoms with Crippen LogP contribution in [0.1, 0.15) is 11.5 Å². The van der Waals surface area contributed by atoms with Crippen molar-refractivity contribution in [3.8, 4) is 0 Å². The summed E-state index contributed by atoms with van der Waals surface area (Å²) in [4.78, 5) is 0. The third kappa shape index (κ3) is 4.14. The predicted molar refractivity (Wildman–Crippen MR) is 66.3 cm³/mol. The molecule has 84 valence electrons. The molecule has 0 radical (unpaired) electrons. The summed E-state index contributed by atoms with van der Waals surface area (Å²) in [6.45, 7) is 7.65. The van der Waals surface area contributed by atoms with Gasteiger partial charge in [-0.1, -0.05) is 31.8 Å². The molecule has 1 unspecified atom stereocenters. The monoisotopic (exact) mass is 225 g/mol. The van der Waals surface area contributed by atoms with Crippen molar-refractivity contribution in [1.82, 2.24) is 0 Å². The SMILES string of the molecule is C[Si](C)(C)CC(CN)c1ccc(F)cc1. The molecular weight excluding hydrogens is 205 g/mol. The van der Waals surface area contributed by atoms with Gasteiger partial charge in [-0.2, -0.15) is 0 Å². The molecule has 1 aromatic carbocycles. The Hall–Kier alpha value is -0.673. The van der Waals surface area contributed by atoms with Crippen LogP contribution in [0.15, 0.2) is 24.3 Å². The molecule has 1 aromatic rings. The van der Waals surface area contributed by atoms with E-state index in [2.05, 4.69) is 19.6 Å². The van der Waals surface area contributed by atoms with Gasteiger partial charge in [-0.05, 0) is 36.2 Å².